The van der Waals surface area contributed by atoms with Crippen molar-refractivity contribution in [2.75, 3.05) is 26.8 Å². The maximum Gasteiger partial charge on any atom is 0.0625 e. The minimum absolute atomic E-state index is 0.788. The number of methoxy groups -OCH3 is 1. The van der Waals surface area contributed by atoms with Gasteiger partial charge in [-0.05, 0) is 45.7 Å². The highest BCUT2D eigenvalue weighted by Gasteiger charge is 2.05. The molecule has 0 unspecified atom stereocenters. The van der Waals surface area contributed by atoms with Crippen LogP contribution in [0.25, 0.3) is 0 Å². The molecule has 0 radical (unpaired) electrons. The molecule has 1 N–H and O–H groups in total. The van der Waals surface area contributed by atoms with E-state index in [1.54, 1.807) is 7.11 Å². The van der Waals surface area contributed by atoms with E-state index in [9.17, 15) is 0 Å². The van der Waals surface area contributed by atoms with Crippen LogP contribution in [0.4, 0.5) is 0 Å². The molecule has 4 heteroatoms. The van der Waals surface area contributed by atoms with Gasteiger partial charge in [-0.3, -0.25) is 4.68 Å². The minimum atomic E-state index is 0.788. The molecule has 0 aliphatic rings. The van der Waals surface area contributed by atoms with Crippen LogP contribution in [0, 0.1) is 20.8 Å². The maximum atomic E-state index is 4.97. The van der Waals surface area contributed by atoms with E-state index in [4.69, 9.17) is 4.74 Å². The van der Waals surface area contributed by atoms with Gasteiger partial charge in [0, 0.05) is 25.9 Å². The van der Waals surface area contributed by atoms with Crippen LogP contribution in [0.3, 0.4) is 0 Å². The summed E-state index contributed by atoms with van der Waals surface area (Å²) in [7, 11) is 1.73. The van der Waals surface area contributed by atoms with Crippen molar-refractivity contribution in [2.24, 2.45) is 0 Å². The summed E-state index contributed by atoms with van der Waals surface area (Å²) in [6, 6.07) is 0. The fourth-order valence-electron chi connectivity index (χ4n) is 1.81. The Kier molecular flexibility index (Phi) is 6.22. The molecule has 0 aliphatic carbocycles. The number of hydrogen-bond acceptors (Lipinski definition) is 3. The average molecular weight is 239 g/mol. The van der Waals surface area contributed by atoms with Crippen molar-refractivity contribution in [3.8, 4) is 0 Å². The number of ether oxygens (including phenoxy) is 1. The predicted molar refractivity (Wildman–Crippen MR) is 70.4 cm³/mol. The summed E-state index contributed by atoms with van der Waals surface area (Å²) in [5.41, 5.74) is 3.78. The van der Waals surface area contributed by atoms with Crippen LogP contribution in [-0.4, -0.2) is 36.6 Å². The molecule has 0 atom stereocenters. The van der Waals surface area contributed by atoms with Crippen LogP contribution in [0.5, 0.6) is 0 Å². The van der Waals surface area contributed by atoms with Gasteiger partial charge in [-0.1, -0.05) is 0 Å². The highest BCUT2D eigenvalue weighted by Crippen LogP contribution is 2.11. The first-order chi connectivity index (χ1) is 8.16. The summed E-state index contributed by atoms with van der Waals surface area (Å²) < 4.78 is 7.10. The highest BCUT2D eigenvalue weighted by molar-refractivity contribution is 5.21. The van der Waals surface area contributed by atoms with Gasteiger partial charge in [0.1, 0.15) is 0 Å². The quantitative estimate of drug-likeness (QED) is 0.703. The van der Waals surface area contributed by atoms with Crippen molar-refractivity contribution in [1.29, 1.82) is 0 Å². The van der Waals surface area contributed by atoms with E-state index in [2.05, 4.69) is 35.9 Å². The first kappa shape index (κ1) is 14.2. The molecule has 1 rings (SSSR count). The lowest BCUT2D eigenvalue weighted by molar-refractivity contribution is 0.199. The van der Waals surface area contributed by atoms with E-state index in [0.717, 1.165) is 31.9 Å². The lowest BCUT2D eigenvalue weighted by Gasteiger charge is -2.06. The SMILES string of the molecule is COCCNCCCCn1nc(C)c(C)c1C. The summed E-state index contributed by atoms with van der Waals surface area (Å²) in [5, 5.41) is 7.88. The lowest BCUT2D eigenvalue weighted by atomic mass is 10.2. The second-order valence-electron chi connectivity index (χ2n) is 4.47. The van der Waals surface area contributed by atoms with Crippen molar-refractivity contribution in [3.05, 3.63) is 17.0 Å². The summed E-state index contributed by atoms with van der Waals surface area (Å²) >= 11 is 0. The molecular weight excluding hydrogens is 214 g/mol. The van der Waals surface area contributed by atoms with E-state index in [1.165, 1.54) is 24.1 Å². The Morgan fingerprint density at radius 2 is 1.94 bits per heavy atom. The molecule has 0 bridgehead atoms. The van der Waals surface area contributed by atoms with Gasteiger partial charge in [0.2, 0.25) is 0 Å². The third-order valence-electron chi connectivity index (χ3n) is 3.20. The molecule has 17 heavy (non-hydrogen) atoms. The molecule has 1 aromatic heterocycles. The second kappa shape index (κ2) is 7.45. The Hall–Kier alpha value is -0.870. The molecule has 0 aliphatic heterocycles. The molecule has 0 fully saturated rings. The van der Waals surface area contributed by atoms with Gasteiger partial charge in [0.15, 0.2) is 0 Å². The zero-order valence-electron chi connectivity index (χ0n) is 11.5. The van der Waals surface area contributed by atoms with Crippen molar-refractivity contribution >= 4 is 0 Å². The van der Waals surface area contributed by atoms with E-state index in [1.807, 2.05) is 0 Å². The molecule has 0 aromatic carbocycles. The average Bonchev–Trinajstić information content (AvgIpc) is 2.56. The number of hydrogen-bond donors (Lipinski definition) is 1. The van der Waals surface area contributed by atoms with Crippen LogP contribution < -0.4 is 5.32 Å². The summed E-state index contributed by atoms with van der Waals surface area (Å²) in [5.74, 6) is 0. The van der Waals surface area contributed by atoms with Gasteiger partial charge in [0.25, 0.3) is 0 Å². The highest BCUT2D eigenvalue weighted by atomic mass is 16.5. The fraction of sp³-hybridized carbons (Fsp3) is 0.769. The van der Waals surface area contributed by atoms with Crippen LogP contribution in [0.15, 0.2) is 0 Å². The molecule has 0 saturated carbocycles. The topological polar surface area (TPSA) is 39.1 Å². The molecule has 0 saturated heterocycles. The summed E-state index contributed by atoms with van der Waals surface area (Å²) in [6.45, 7) is 10.2. The molecule has 1 aromatic rings. The standard InChI is InChI=1S/C13H25N3O/c1-11-12(2)15-16(13(11)3)9-6-5-7-14-8-10-17-4/h14H,5-10H2,1-4H3. The number of unbranched alkanes of at least 4 members (excludes halogenated alkanes) is 1. The molecule has 4 nitrogen and oxygen atoms in total. The van der Waals surface area contributed by atoms with Crippen molar-refractivity contribution in [2.45, 2.75) is 40.2 Å². The second-order valence-corrected chi connectivity index (χ2v) is 4.47. The normalized spacial score (nSPS) is 11.1. The Bertz CT molecular complexity index is 334. The van der Waals surface area contributed by atoms with Gasteiger partial charge in [-0.25, -0.2) is 0 Å². The first-order valence-electron chi connectivity index (χ1n) is 6.37. The van der Waals surface area contributed by atoms with Crippen LogP contribution in [0.1, 0.15) is 29.8 Å². The number of rotatable bonds is 8. The largest absolute Gasteiger partial charge is 0.383 e. The smallest absolute Gasteiger partial charge is 0.0625 e. The van der Waals surface area contributed by atoms with Gasteiger partial charge < -0.3 is 10.1 Å². The third kappa shape index (κ3) is 4.48. The molecular formula is C13H25N3O. The van der Waals surface area contributed by atoms with Gasteiger partial charge in [0.05, 0.1) is 12.3 Å². The van der Waals surface area contributed by atoms with Crippen LogP contribution in [-0.2, 0) is 11.3 Å². The summed E-state index contributed by atoms with van der Waals surface area (Å²) in [6.07, 6.45) is 2.35. The number of nitrogens with zero attached hydrogens (tertiary/aromatic N) is 2. The molecule has 1 heterocycles. The Morgan fingerprint density at radius 3 is 2.53 bits per heavy atom. The number of aromatic nitrogens is 2. The Balaban J connectivity index is 2.16. The molecule has 98 valence electrons. The predicted octanol–water partition coefficient (Wildman–Crippen LogP) is 1.82. The molecule has 0 spiro atoms. The fourth-order valence-corrected chi connectivity index (χ4v) is 1.81. The number of nitrogens with one attached hydrogen (secondary N) is 1. The minimum Gasteiger partial charge on any atom is -0.383 e. The Labute approximate surface area is 104 Å². The summed E-state index contributed by atoms with van der Waals surface area (Å²) in [4.78, 5) is 0. The van der Waals surface area contributed by atoms with Crippen molar-refractivity contribution in [3.63, 3.8) is 0 Å². The van der Waals surface area contributed by atoms with Crippen LogP contribution in [0.2, 0.25) is 0 Å². The zero-order chi connectivity index (χ0) is 12.7. The van der Waals surface area contributed by atoms with Crippen molar-refractivity contribution < 1.29 is 4.74 Å². The lowest BCUT2D eigenvalue weighted by Crippen LogP contribution is -2.20. The van der Waals surface area contributed by atoms with Crippen LogP contribution >= 0.6 is 0 Å². The van der Waals surface area contributed by atoms with Gasteiger partial charge in [-0.2, -0.15) is 5.10 Å². The Morgan fingerprint density at radius 1 is 1.18 bits per heavy atom. The maximum absolute atomic E-state index is 4.97. The van der Waals surface area contributed by atoms with E-state index >= 15 is 0 Å². The van der Waals surface area contributed by atoms with E-state index in [-0.39, 0.29) is 0 Å². The molecule has 0 amide bonds. The van der Waals surface area contributed by atoms with Crippen molar-refractivity contribution in [1.82, 2.24) is 15.1 Å². The third-order valence-corrected chi connectivity index (χ3v) is 3.20. The van der Waals surface area contributed by atoms with Gasteiger partial charge in [-0.15, -0.1) is 0 Å². The van der Waals surface area contributed by atoms with Gasteiger partial charge >= 0.3 is 0 Å². The first-order valence-corrected chi connectivity index (χ1v) is 6.37. The van der Waals surface area contributed by atoms with E-state index < -0.39 is 0 Å². The van der Waals surface area contributed by atoms with E-state index in [0.29, 0.717) is 0 Å². The zero-order valence-corrected chi connectivity index (χ0v) is 11.5. The number of aryl methyl sites for hydroxylation is 2. The monoisotopic (exact) mass is 239 g/mol.